The molecule has 2 heterocycles. The second kappa shape index (κ2) is 5.23. The first kappa shape index (κ1) is 14.0. The highest BCUT2D eigenvalue weighted by molar-refractivity contribution is 5.94. The highest BCUT2D eigenvalue weighted by Gasteiger charge is 2.21. The van der Waals surface area contributed by atoms with Gasteiger partial charge in [0.25, 0.3) is 0 Å². The summed E-state index contributed by atoms with van der Waals surface area (Å²) in [6, 6.07) is 12.3. The molecule has 1 aliphatic rings. The number of carbonyl (C=O) groups is 1. The van der Waals surface area contributed by atoms with Gasteiger partial charge in [-0.25, -0.2) is 4.98 Å². The van der Waals surface area contributed by atoms with Crippen molar-refractivity contribution in [3.05, 3.63) is 58.9 Å². The van der Waals surface area contributed by atoms with Gasteiger partial charge in [-0.1, -0.05) is 6.07 Å². The lowest BCUT2D eigenvalue weighted by atomic mass is 10.1. The van der Waals surface area contributed by atoms with Crippen molar-refractivity contribution in [1.29, 1.82) is 0 Å². The maximum absolute atomic E-state index is 11.5. The predicted molar refractivity (Wildman–Crippen MR) is 92.0 cm³/mol. The Morgan fingerprint density at radius 1 is 1.26 bits per heavy atom. The van der Waals surface area contributed by atoms with Crippen molar-refractivity contribution < 1.29 is 4.79 Å². The highest BCUT2D eigenvalue weighted by Crippen LogP contribution is 2.30. The smallest absolute Gasteiger partial charge is 0.159 e. The number of ketones is 1. The maximum atomic E-state index is 11.5. The lowest BCUT2D eigenvalue weighted by Gasteiger charge is -2.18. The van der Waals surface area contributed by atoms with Crippen LogP contribution in [0.2, 0.25) is 0 Å². The van der Waals surface area contributed by atoms with Crippen molar-refractivity contribution in [3.63, 3.8) is 0 Å². The topological polar surface area (TPSA) is 49.0 Å². The molecule has 3 aromatic rings. The molecule has 116 valence electrons. The summed E-state index contributed by atoms with van der Waals surface area (Å²) in [5.74, 6) is 1.10. The van der Waals surface area contributed by atoms with Gasteiger partial charge in [-0.05, 0) is 61.7 Å². The number of H-pyrrole nitrogens is 1. The van der Waals surface area contributed by atoms with Gasteiger partial charge < -0.3 is 9.88 Å². The van der Waals surface area contributed by atoms with Crippen LogP contribution in [0.15, 0.2) is 36.4 Å². The third-order valence-electron chi connectivity index (χ3n) is 4.50. The first-order valence-electron chi connectivity index (χ1n) is 7.94. The molecule has 0 amide bonds. The van der Waals surface area contributed by atoms with E-state index in [1.165, 1.54) is 16.8 Å². The van der Waals surface area contributed by atoms with E-state index >= 15 is 0 Å². The van der Waals surface area contributed by atoms with Gasteiger partial charge in [-0.15, -0.1) is 0 Å². The summed E-state index contributed by atoms with van der Waals surface area (Å²) >= 11 is 0. The number of hydrogen-bond donors (Lipinski definition) is 1. The quantitative estimate of drug-likeness (QED) is 0.752. The molecule has 4 heteroatoms. The molecule has 2 aromatic carbocycles. The minimum absolute atomic E-state index is 0.124. The van der Waals surface area contributed by atoms with E-state index in [0.717, 1.165) is 41.9 Å². The molecule has 0 fully saturated rings. The number of rotatable bonds is 3. The second-order valence-electron chi connectivity index (χ2n) is 6.28. The van der Waals surface area contributed by atoms with Crippen LogP contribution >= 0.6 is 0 Å². The molecule has 0 bridgehead atoms. The number of anilines is 1. The molecule has 0 unspecified atom stereocenters. The van der Waals surface area contributed by atoms with Crippen LogP contribution in [-0.2, 0) is 13.0 Å². The van der Waals surface area contributed by atoms with E-state index in [9.17, 15) is 4.79 Å². The van der Waals surface area contributed by atoms with Crippen molar-refractivity contribution in [3.8, 4) is 0 Å². The number of benzene rings is 2. The Balaban J connectivity index is 1.62. The number of aromatic nitrogens is 2. The molecule has 1 aromatic heterocycles. The van der Waals surface area contributed by atoms with E-state index in [1.54, 1.807) is 6.92 Å². The van der Waals surface area contributed by atoms with E-state index in [2.05, 4.69) is 46.1 Å². The van der Waals surface area contributed by atoms with E-state index < -0.39 is 0 Å². The lowest BCUT2D eigenvalue weighted by Crippen LogP contribution is -2.20. The Kier molecular flexibility index (Phi) is 3.18. The van der Waals surface area contributed by atoms with Gasteiger partial charge in [0.1, 0.15) is 5.82 Å². The number of nitrogens with one attached hydrogen (secondary N) is 1. The minimum atomic E-state index is 0.124. The SMILES string of the molecule is CC(=O)c1ccc2c(c1)CCN2Cc1nc2ccc(C)cc2[nH]1. The molecule has 1 aliphatic heterocycles. The van der Waals surface area contributed by atoms with Gasteiger partial charge in [0.15, 0.2) is 5.78 Å². The average molecular weight is 305 g/mol. The van der Waals surface area contributed by atoms with Crippen LogP contribution in [-0.4, -0.2) is 22.3 Å². The predicted octanol–water partition coefficient (Wildman–Crippen LogP) is 3.64. The molecule has 0 aliphatic carbocycles. The van der Waals surface area contributed by atoms with Crippen molar-refractivity contribution >= 4 is 22.5 Å². The molecule has 1 N–H and O–H groups in total. The Morgan fingerprint density at radius 2 is 2.13 bits per heavy atom. The number of imidazole rings is 1. The maximum Gasteiger partial charge on any atom is 0.159 e. The molecule has 4 rings (SSSR count). The van der Waals surface area contributed by atoms with Crippen molar-refractivity contribution in [2.75, 3.05) is 11.4 Å². The molecule has 0 atom stereocenters. The van der Waals surface area contributed by atoms with Gasteiger partial charge in [-0.3, -0.25) is 4.79 Å². The van der Waals surface area contributed by atoms with Gasteiger partial charge in [0.2, 0.25) is 0 Å². The molecule has 4 nitrogen and oxygen atoms in total. The van der Waals surface area contributed by atoms with E-state index in [0.29, 0.717) is 0 Å². The van der Waals surface area contributed by atoms with E-state index in [-0.39, 0.29) is 5.78 Å². The summed E-state index contributed by atoms with van der Waals surface area (Å²) in [7, 11) is 0. The number of aryl methyl sites for hydroxylation is 1. The Morgan fingerprint density at radius 3 is 2.96 bits per heavy atom. The Labute approximate surface area is 135 Å². The number of Topliss-reactive ketones (excluding diaryl/α,β-unsaturated/α-hetero) is 1. The average Bonchev–Trinajstić information content (AvgIpc) is 3.10. The molecule has 23 heavy (non-hydrogen) atoms. The number of carbonyl (C=O) groups excluding carboxylic acids is 1. The normalized spacial score (nSPS) is 13.6. The first-order chi connectivity index (χ1) is 11.1. The lowest BCUT2D eigenvalue weighted by molar-refractivity contribution is 0.101. The summed E-state index contributed by atoms with van der Waals surface area (Å²) in [5, 5.41) is 0. The zero-order valence-electron chi connectivity index (χ0n) is 13.4. The highest BCUT2D eigenvalue weighted by atomic mass is 16.1. The summed E-state index contributed by atoms with van der Waals surface area (Å²) < 4.78 is 0. The van der Waals surface area contributed by atoms with Crippen LogP contribution in [0.4, 0.5) is 5.69 Å². The number of aromatic amines is 1. The third kappa shape index (κ3) is 2.50. The van der Waals surface area contributed by atoms with E-state index in [1.807, 2.05) is 12.1 Å². The summed E-state index contributed by atoms with van der Waals surface area (Å²) in [6.45, 7) is 5.43. The van der Waals surface area contributed by atoms with Crippen molar-refractivity contribution in [2.24, 2.45) is 0 Å². The number of fused-ring (bicyclic) bond motifs is 2. The summed E-state index contributed by atoms with van der Waals surface area (Å²) in [5.41, 5.74) is 6.60. The van der Waals surface area contributed by atoms with Crippen LogP contribution in [0, 0.1) is 6.92 Å². The van der Waals surface area contributed by atoms with Crippen LogP contribution in [0.1, 0.15) is 34.2 Å². The van der Waals surface area contributed by atoms with Gasteiger partial charge >= 0.3 is 0 Å². The summed E-state index contributed by atoms with van der Waals surface area (Å²) in [6.07, 6.45) is 0.982. The third-order valence-corrected chi connectivity index (χ3v) is 4.50. The van der Waals surface area contributed by atoms with Crippen LogP contribution in [0.25, 0.3) is 11.0 Å². The zero-order valence-corrected chi connectivity index (χ0v) is 13.4. The minimum Gasteiger partial charge on any atom is -0.364 e. The van der Waals surface area contributed by atoms with Crippen molar-refractivity contribution in [1.82, 2.24) is 9.97 Å². The fraction of sp³-hybridized carbons (Fsp3) is 0.263. The standard InChI is InChI=1S/C19H19N3O/c1-12-3-5-16-17(9-12)21-19(20-16)11-22-8-7-15-10-14(13(2)23)4-6-18(15)22/h3-6,9-10H,7-8,11H2,1-2H3,(H,20,21). The Hall–Kier alpha value is -2.62. The molecule has 0 saturated heterocycles. The van der Waals surface area contributed by atoms with Crippen LogP contribution < -0.4 is 4.90 Å². The molecule has 0 saturated carbocycles. The van der Waals surface area contributed by atoms with Crippen LogP contribution in [0.5, 0.6) is 0 Å². The number of nitrogens with zero attached hydrogens (tertiary/aromatic N) is 2. The fourth-order valence-corrected chi connectivity index (χ4v) is 3.29. The van der Waals surface area contributed by atoms with Gasteiger partial charge in [-0.2, -0.15) is 0 Å². The largest absolute Gasteiger partial charge is 0.364 e. The monoisotopic (exact) mass is 305 g/mol. The van der Waals surface area contributed by atoms with Gasteiger partial charge in [0.05, 0.1) is 17.6 Å². The van der Waals surface area contributed by atoms with Gasteiger partial charge in [0, 0.05) is 17.8 Å². The molecule has 0 radical (unpaired) electrons. The Bertz CT molecular complexity index is 910. The second-order valence-corrected chi connectivity index (χ2v) is 6.28. The van der Waals surface area contributed by atoms with E-state index in [4.69, 9.17) is 0 Å². The number of hydrogen-bond acceptors (Lipinski definition) is 3. The molecule has 0 spiro atoms. The van der Waals surface area contributed by atoms with Crippen LogP contribution in [0.3, 0.4) is 0 Å². The molecular weight excluding hydrogens is 286 g/mol. The fourth-order valence-electron chi connectivity index (χ4n) is 3.29. The summed E-state index contributed by atoms with van der Waals surface area (Å²) in [4.78, 5) is 21.9. The molecular formula is C19H19N3O. The van der Waals surface area contributed by atoms with Crippen molar-refractivity contribution in [2.45, 2.75) is 26.8 Å². The zero-order chi connectivity index (χ0) is 16.0. The first-order valence-corrected chi connectivity index (χ1v) is 7.94.